The number of nitrogens with zero attached hydrogens (tertiary/aromatic N) is 2. The Bertz CT molecular complexity index is 581. The van der Waals surface area contributed by atoms with Crippen LogP contribution < -0.4 is 5.73 Å². The largest absolute Gasteiger partial charge is 0.368 e. The SMILES string of the molecule is NC(=O)[C@H]1CSCCN1C(=O)[C@H]1CCCN(Cc2ccccc2)C1. The molecule has 0 aromatic heterocycles. The molecule has 2 fully saturated rings. The molecule has 1 aromatic rings. The van der Waals surface area contributed by atoms with Gasteiger partial charge in [-0.3, -0.25) is 14.5 Å². The number of primary amides is 1. The van der Waals surface area contributed by atoms with Gasteiger partial charge in [-0.2, -0.15) is 11.8 Å². The minimum Gasteiger partial charge on any atom is -0.368 e. The van der Waals surface area contributed by atoms with Gasteiger partial charge in [0.25, 0.3) is 0 Å². The summed E-state index contributed by atoms with van der Waals surface area (Å²) in [4.78, 5) is 28.7. The molecule has 0 unspecified atom stereocenters. The molecule has 0 spiro atoms. The van der Waals surface area contributed by atoms with Crippen LogP contribution in [0.25, 0.3) is 0 Å². The van der Waals surface area contributed by atoms with Crippen LogP contribution in [0.1, 0.15) is 18.4 Å². The van der Waals surface area contributed by atoms with Crippen molar-refractivity contribution in [3.8, 4) is 0 Å². The maximum Gasteiger partial charge on any atom is 0.241 e. The van der Waals surface area contributed by atoms with Gasteiger partial charge in [-0.05, 0) is 24.9 Å². The predicted octanol–water partition coefficient (Wildman–Crippen LogP) is 1.33. The lowest BCUT2D eigenvalue weighted by Gasteiger charge is -2.39. The van der Waals surface area contributed by atoms with Crippen LogP contribution in [-0.4, -0.2) is 58.8 Å². The Morgan fingerprint density at radius 1 is 1.21 bits per heavy atom. The summed E-state index contributed by atoms with van der Waals surface area (Å²) in [6.07, 6.45) is 1.92. The van der Waals surface area contributed by atoms with Crippen LogP contribution in [-0.2, 0) is 16.1 Å². The van der Waals surface area contributed by atoms with Crippen molar-refractivity contribution in [2.45, 2.75) is 25.4 Å². The number of carbonyl (C=O) groups is 2. The van der Waals surface area contributed by atoms with Gasteiger partial charge in [-0.15, -0.1) is 0 Å². The summed E-state index contributed by atoms with van der Waals surface area (Å²) in [6, 6.07) is 9.91. The quantitative estimate of drug-likeness (QED) is 0.892. The second kappa shape index (κ2) is 8.03. The molecule has 2 aliphatic heterocycles. The number of hydrogen-bond acceptors (Lipinski definition) is 4. The number of carbonyl (C=O) groups excluding carboxylic acids is 2. The van der Waals surface area contributed by atoms with Gasteiger partial charge in [0.05, 0.1) is 5.92 Å². The first-order valence-corrected chi connectivity index (χ1v) is 9.74. The number of nitrogens with two attached hydrogens (primary N) is 1. The molecule has 0 radical (unpaired) electrons. The summed E-state index contributed by atoms with van der Waals surface area (Å²) in [5, 5.41) is 0. The van der Waals surface area contributed by atoms with Gasteiger partial charge in [0.15, 0.2) is 0 Å². The minimum atomic E-state index is -0.444. The van der Waals surface area contributed by atoms with E-state index in [0.29, 0.717) is 12.3 Å². The van der Waals surface area contributed by atoms with E-state index < -0.39 is 6.04 Å². The molecule has 24 heavy (non-hydrogen) atoms. The van der Waals surface area contributed by atoms with E-state index in [-0.39, 0.29) is 17.7 Å². The lowest BCUT2D eigenvalue weighted by Crippen LogP contribution is -2.55. The van der Waals surface area contributed by atoms with E-state index in [4.69, 9.17) is 5.73 Å². The standard InChI is InChI=1S/C18H25N3O2S/c19-17(22)16-13-24-10-9-21(16)18(23)15-7-4-8-20(12-15)11-14-5-2-1-3-6-14/h1-3,5-6,15-16H,4,7-13H2,(H2,19,22)/t15-,16+/m0/s1. The third-order valence-corrected chi connectivity index (χ3v) is 5.87. The number of benzene rings is 1. The molecule has 3 rings (SSSR count). The second-order valence-corrected chi connectivity index (χ2v) is 7.73. The van der Waals surface area contributed by atoms with Gasteiger partial charge < -0.3 is 10.6 Å². The third-order valence-electron chi connectivity index (χ3n) is 4.84. The summed E-state index contributed by atoms with van der Waals surface area (Å²) < 4.78 is 0. The molecule has 2 N–H and O–H groups in total. The Morgan fingerprint density at radius 3 is 2.75 bits per heavy atom. The first-order chi connectivity index (χ1) is 11.6. The second-order valence-electron chi connectivity index (χ2n) is 6.58. The Morgan fingerprint density at radius 2 is 2.00 bits per heavy atom. The van der Waals surface area contributed by atoms with Crippen LogP contribution >= 0.6 is 11.8 Å². The van der Waals surface area contributed by atoms with Crippen molar-refractivity contribution in [2.75, 3.05) is 31.1 Å². The van der Waals surface area contributed by atoms with Crippen molar-refractivity contribution < 1.29 is 9.59 Å². The van der Waals surface area contributed by atoms with Crippen LogP contribution in [0.2, 0.25) is 0 Å². The van der Waals surface area contributed by atoms with Gasteiger partial charge >= 0.3 is 0 Å². The zero-order valence-corrected chi connectivity index (χ0v) is 14.7. The minimum absolute atomic E-state index is 0.0209. The van der Waals surface area contributed by atoms with Crippen molar-refractivity contribution in [3.63, 3.8) is 0 Å². The molecule has 6 heteroatoms. The van der Waals surface area contributed by atoms with Gasteiger partial charge in [-0.25, -0.2) is 0 Å². The highest BCUT2D eigenvalue weighted by atomic mass is 32.2. The van der Waals surface area contributed by atoms with Gasteiger partial charge in [-0.1, -0.05) is 30.3 Å². The van der Waals surface area contributed by atoms with E-state index in [2.05, 4.69) is 17.0 Å². The molecule has 2 amide bonds. The number of hydrogen-bond donors (Lipinski definition) is 1. The third kappa shape index (κ3) is 4.11. The fourth-order valence-corrected chi connectivity index (χ4v) is 4.64. The molecule has 0 saturated carbocycles. The smallest absolute Gasteiger partial charge is 0.241 e. The van der Waals surface area contributed by atoms with Crippen LogP contribution in [0.4, 0.5) is 0 Å². The van der Waals surface area contributed by atoms with Gasteiger partial charge in [0.2, 0.25) is 11.8 Å². The lowest BCUT2D eigenvalue weighted by atomic mass is 9.95. The molecule has 2 heterocycles. The van der Waals surface area contributed by atoms with Crippen LogP contribution in [0.3, 0.4) is 0 Å². The van der Waals surface area contributed by atoms with Crippen molar-refractivity contribution >= 4 is 23.6 Å². The number of rotatable bonds is 4. The van der Waals surface area contributed by atoms with E-state index in [0.717, 1.165) is 38.2 Å². The maximum atomic E-state index is 12.9. The van der Waals surface area contributed by atoms with Crippen LogP contribution in [0.5, 0.6) is 0 Å². The Kier molecular flexibility index (Phi) is 5.79. The highest BCUT2D eigenvalue weighted by molar-refractivity contribution is 7.99. The molecule has 2 atom stereocenters. The maximum absolute atomic E-state index is 12.9. The zero-order chi connectivity index (χ0) is 16.9. The fourth-order valence-electron chi connectivity index (χ4n) is 3.58. The average molecular weight is 347 g/mol. The van der Waals surface area contributed by atoms with Gasteiger partial charge in [0.1, 0.15) is 6.04 Å². The van der Waals surface area contributed by atoms with Crippen molar-refractivity contribution in [2.24, 2.45) is 11.7 Å². The number of likely N-dealkylation sites (tertiary alicyclic amines) is 1. The summed E-state index contributed by atoms with van der Waals surface area (Å²) in [5.41, 5.74) is 6.77. The van der Waals surface area contributed by atoms with E-state index >= 15 is 0 Å². The molecule has 5 nitrogen and oxygen atoms in total. The Labute approximate surface area is 147 Å². The number of thioether (sulfide) groups is 1. The zero-order valence-electron chi connectivity index (χ0n) is 13.9. The summed E-state index contributed by atoms with van der Waals surface area (Å²) in [7, 11) is 0. The summed E-state index contributed by atoms with van der Waals surface area (Å²) in [6.45, 7) is 3.29. The van der Waals surface area contributed by atoms with Crippen LogP contribution in [0.15, 0.2) is 30.3 Å². The van der Waals surface area contributed by atoms with Gasteiger partial charge in [0, 0.05) is 31.1 Å². The highest BCUT2D eigenvalue weighted by Crippen LogP contribution is 2.24. The van der Waals surface area contributed by atoms with Crippen LogP contribution in [0, 0.1) is 5.92 Å². The van der Waals surface area contributed by atoms with Crippen molar-refractivity contribution in [3.05, 3.63) is 35.9 Å². The van der Waals surface area contributed by atoms with Crippen molar-refractivity contribution in [1.29, 1.82) is 0 Å². The van der Waals surface area contributed by atoms with E-state index in [9.17, 15) is 9.59 Å². The van der Waals surface area contributed by atoms with Crippen molar-refractivity contribution in [1.82, 2.24) is 9.80 Å². The van der Waals surface area contributed by atoms with E-state index in [1.807, 2.05) is 18.2 Å². The molecular formula is C18H25N3O2S. The Hall–Kier alpha value is -1.53. The summed E-state index contributed by atoms with van der Waals surface area (Å²) >= 11 is 1.70. The fraction of sp³-hybridized carbons (Fsp3) is 0.556. The molecule has 2 saturated heterocycles. The first-order valence-electron chi connectivity index (χ1n) is 8.59. The molecule has 2 aliphatic rings. The van der Waals surface area contributed by atoms with E-state index in [1.165, 1.54) is 5.56 Å². The molecule has 1 aromatic carbocycles. The number of piperidine rings is 1. The summed E-state index contributed by atoms with van der Waals surface area (Å²) in [5.74, 6) is 1.22. The number of amides is 2. The molecule has 0 bridgehead atoms. The monoisotopic (exact) mass is 347 g/mol. The molecule has 0 aliphatic carbocycles. The normalized spacial score (nSPS) is 25.4. The Balaban J connectivity index is 1.63. The predicted molar refractivity (Wildman–Crippen MR) is 96.5 cm³/mol. The lowest BCUT2D eigenvalue weighted by molar-refractivity contribution is -0.143. The highest BCUT2D eigenvalue weighted by Gasteiger charge is 2.36. The van der Waals surface area contributed by atoms with E-state index in [1.54, 1.807) is 16.7 Å². The molecular weight excluding hydrogens is 322 g/mol. The molecule has 130 valence electrons. The average Bonchev–Trinajstić information content (AvgIpc) is 2.62. The first kappa shape index (κ1) is 17.3. The topological polar surface area (TPSA) is 66.6 Å².